The van der Waals surface area contributed by atoms with Crippen LogP contribution in [-0.2, 0) is 0 Å². The lowest BCUT2D eigenvalue weighted by molar-refractivity contribution is 0.182. The van der Waals surface area contributed by atoms with E-state index < -0.39 is 0 Å². The highest BCUT2D eigenvalue weighted by atomic mass is 79.9. The van der Waals surface area contributed by atoms with Crippen LogP contribution in [0, 0.1) is 0 Å². The van der Waals surface area contributed by atoms with Crippen molar-refractivity contribution in [3.8, 4) is 11.5 Å². The van der Waals surface area contributed by atoms with Gasteiger partial charge in [-0.1, -0.05) is 6.07 Å². The SMILES string of the molecule is COc1cc(Br)c(OC(c2cccs2)C(C)N)cc1Br. The summed E-state index contributed by atoms with van der Waals surface area (Å²) in [6.45, 7) is 1.94. The minimum Gasteiger partial charge on any atom is -0.496 e. The number of nitrogens with two attached hydrogens (primary N) is 1. The minimum atomic E-state index is -0.174. The molecule has 0 aliphatic rings. The van der Waals surface area contributed by atoms with E-state index >= 15 is 0 Å². The summed E-state index contributed by atoms with van der Waals surface area (Å²) in [5.74, 6) is 1.48. The molecule has 2 atom stereocenters. The standard InChI is InChI=1S/C14H15Br2NO2S/c1-8(17)14(13-4-3-5-20-13)19-12-7-9(15)11(18-2)6-10(12)16/h3-8,14H,17H2,1-2H3. The molecule has 0 fully saturated rings. The summed E-state index contributed by atoms with van der Waals surface area (Å²) in [7, 11) is 1.63. The van der Waals surface area contributed by atoms with Crippen LogP contribution in [0.1, 0.15) is 17.9 Å². The molecule has 3 nitrogen and oxygen atoms in total. The maximum Gasteiger partial charge on any atom is 0.148 e. The predicted octanol–water partition coefficient (Wildman–Crippen LogP) is 4.75. The topological polar surface area (TPSA) is 44.5 Å². The van der Waals surface area contributed by atoms with E-state index in [0.29, 0.717) is 0 Å². The number of halogens is 2. The van der Waals surface area contributed by atoms with Gasteiger partial charge in [-0.2, -0.15) is 0 Å². The molecule has 0 saturated carbocycles. The van der Waals surface area contributed by atoms with Gasteiger partial charge >= 0.3 is 0 Å². The molecule has 0 amide bonds. The van der Waals surface area contributed by atoms with E-state index in [1.165, 1.54) is 0 Å². The van der Waals surface area contributed by atoms with E-state index in [9.17, 15) is 0 Å². The highest BCUT2D eigenvalue weighted by Gasteiger charge is 2.21. The fraction of sp³-hybridized carbons (Fsp3) is 0.286. The lowest BCUT2D eigenvalue weighted by Crippen LogP contribution is -2.28. The van der Waals surface area contributed by atoms with E-state index in [2.05, 4.69) is 31.9 Å². The van der Waals surface area contributed by atoms with Gasteiger partial charge in [-0.3, -0.25) is 0 Å². The Morgan fingerprint density at radius 3 is 2.40 bits per heavy atom. The van der Waals surface area contributed by atoms with Crippen molar-refractivity contribution in [3.05, 3.63) is 43.5 Å². The zero-order valence-electron chi connectivity index (χ0n) is 11.1. The maximum absolute atomic E-state index is 6.08. The zero-order chi connectivity index (χ0) is 14.7. The minimum absolute atomic E-state index is 0.110. The summed E-state index contributed by atoms with van der Waals surface area (Å²) in [5.41, 5.74) is 6.05. The second-order valence-corrected chi connectivity index (χ2v) is 7.02. The van der Waals surface area contributed by atoms with Crippen LogP contribution in [0.5, 0.6) is 11.5 Å². The number of benzene rings is 1. The van der Waals surface area contributed by atoms with Gasteiger partial charge in [0.05, 0.1) is 16.1 Å². The first kappa shape index (κ1) is 15.8. The van der Waals surface area contributed by atoms with Gasteiger partial charge in [-0.15, -0.1) is 11.3 Å². The molecule has 6 heteroatoms. The summed E-state index contributed by atoms with van der Waals surface area (Å²) in [4.78, 5) is 1.11. The molecule has 2 rings (SSSR count). The quantitative estimate of drug-likeness (QED) is 0.758. The van der Waals surface area contributed by atoms with Gasteiger partial charge in [0, 0.05) is 10.9 Å². The number of hydrogen-bond acceptors (Lipinski definition) is 4. The molecule has 2 unspecified atom stereocenters. The summed E-state index contributed by atoms with van der Waals surface area (Å²) in [6.07, 6.45) is -0.174. The smallest absolute Gasteiger partial charge is 0.148 e. The molecular weight excluding hydrogens is 406 g/mol. The normalized spacial score (nSPS) is 13.8. The number of methoxy groups -OCH3 is 1. The molecule has 0 saturated heterocycles. The Kier molecular flexibility index (Phi) is 5.49. The van der Waals surface area contributed by atoms with Crippen LogP contribution in [0.15, 0.2) is 38.6 Å². The molecule has 108 valence electrons. The number of ether oxygens (including phenoxy) is 2. The monoisotopic (exact) mass is 419 g/mol. The molecule has 0 aliphatic carbocycles. The number of hydrogen-bond donors (Lipinski definition) is 1. The third kappa shape index (κ3) is 3.55. The van der Waals surface area contributed by atoms with Crippen molar-refractivity contribution in [2.45, 2.75) is 19.1 Å². The van der Waals surface area contributed by atoms with Crippen molar-refractivity contribution >= 4 is 43.2 Å². The average Bonchev–Trinajstić information content (AvgIpc) is 2.92. The van der Waals surface area contributed by atoms with E-state index in [1.54, 1.807) is 18.4 Å². The molecular formula is C14H15Br2NO2S. The van der Waals surface area contributed by atoms with Crippen LogP contribution in [0.4, 0.5) is 0 Å². The highest BCUT2D eigenvalue weighted by molar-refractivity contribution is 9.11. The molecule has 2 N–H and O–H groups in total. The molecule has 0 spiro atoms. The Morgan fingerprint density at radius 1 is 1.20 bits per heavy atom. The molecule has 2 aromatic rings. The van der Waals surface area contributed by atoms with Gasteiger partial charge in [-0.05, 0) is 62.4 Å². The molecule has 0 bridgehead atoms. The number of thiophene rings is 1. The summed E-state index contributed by atoms with van der Waals surface area (Å²) in [6, 6.07) is 7.67. The van der Waals surface area contributed by atoms with E-state index in [4.69, 9.17) is 15.2 Å². The Labute approximate surface area is 139 Å². The van der Waals surface area contributed by atoms with Gasteiger partial charge < -0.3 is 15.2 Å². The third-order valence-electron chi connectivity index (χ3n) is 2.76. The van der Waals surface area contributed by atoms with Crippen LogP contribution in [0.2, 0.25) is 0 Å². The molecule has 1 aromatic heterocycles. The van der Waals surface area contributed by atoms with E-state index in [1.807, 2.05) is 36.6 Å². The van der Waals surface area contributed by atoms with Crippen molar-refractivity contribution in [1.82, 2.24) is 0 Å². The molecule has 0 radical (unpaired) electrons. The average molecular weight is 421 g/mol. The van der Waals surface area contributed by atoms with Gasteiger partial charge in [0.2, 0.25) is 0 Å². The second kappa shape index (κ2) is 6.93. The Morgan fingerprint density at radius 2 is 1.85 bits per heavy atom. The Balaban J connectivity index is 2.30. The summed E-state index contributed by atoms with van der Waals surface area (Å²) < 4.78 is 13.0. The van der Waals surface area contributed by atoms with Crippen LogP contribution in [-0.4, -0.2) is 13.2 Å². The van der Waals surface area contributed by atoms with Crippen molar-refractivity contribution < 1.29 is 9.47 Å². The predicted molar refractivity (Wildman–Crippen MR) is 89.7 cm³/mol. The first-order chi connectivity index (χ1) is 9.52. The van der Waals surface area contributed by atoms with Gasteiger partial charge in [0.1, 0.15) is 17.6 Å². The van der Waals surface area contributed by atoms with Crippen LogP contribution >= 0.6 is 43.2 Å². The molecule has 1 aromatic carbocycles. The van der Waals surface area contributed by atoms with Crippen molar-refractivity contribution in [1.29, 1.82) is 0 Å². The molecule has 1 heterocycles. The van der Waals surface area contributed by atoms with Crippen molar-refractivity contribution in [3.63, 3.8) is 0 Å². The molecule has 0 aliphatic heterocycles. The first-order valence-corrected chi connectivity index (χ1v) is 8.48. The fourth-order valence-electron chi connectivity index (χ4n) is 1.77. The lowest BCUT2D eigenvalue weighted by Gasteiger charge is -2.22. The molecule has 20 heavy (non-hydrogen) atoms. The maximum atomic E-state index is 6.08. The lowest BCUT2D eigenvalue weighted by atomic mass is 10.1. The van der Waals surface area contributed by atoms with Gasteiger partial charge in [0.15, 0.2) is 0 Å². The van der Waals surface area contributed by atoms with Crippen molar-refractivity contribution in [2.24, 2.45) is 5.73 Å². The van der Waals surface area contributed by atoms with E-state index in [0.717, 1.165) is 25.3 Å². The van der Waals surface area contributed by atoms with E-state index in [-0.39, 0.29) is 12.1 Å². The Bertz CT molecular complexity index is 573. The zero-order valence-corrected chi connectivity index (χ0v) is 15.1. The third-order valence-corrected chi connectivity index (χ3v) is 4.93. The summed E-state index contributed by atoms with van der Waals surface area (Å²) >= 11 is 8.60. The van der Waals surface area contributed by atoms with Gasteiger partial charge in [0.25, 0.3) is 0 Å². The fourth-order valence-corrected chi connectivity index (χ4v) is 3.54. The largest absolute Gasteiger partial charge is 0.496 e. The van der Waals surface area contributed by atoms with Crippen molar-refractivity contribution in [2.75, 3.05) is 7.11 Å². The first-order valence-electron chi connectivity index (χ1n) is 6.01. The van der Waals surface area contributed by atoms with Gasteiger partial charge in [-0.25, -0.2) is 0 Å². The highest BCUT2D eigenvalue weighted by Crippen LogP contribution is 2.38. The van der Waals surface area contributed by atoms with Crippen LogP contribution in [0.3, 0.4) is 0 Å². The number of rotatable bonds is 5. The second-order valence-electron chi connectivity index (χ2n) is 4.33. The van der Waals surface area contributed by atoms with Crippen LogP contribution < -0.4 is 15.2 Å². The Hall–Kier alpha value is -0.560. The summed E-state index contributed by atoms with van der Waals surface area (Å²) in [5, 5.41) is 2.02. The van der Waals surface area contributed by atoms with Crippen LogP contribution in [0.25, 0.3) is 0 Å².